The molecule has 0 saturated carbocycles. The molecule has 194 valence electrons. The number of carbonyl (C=O) groups excluding carboxylic acids is 4. The molecule has 15 heteroatoms. The van der Waals surface area contributed by atoms with Crippen LogP contribution >= 0.6 is 11.8 Å². The number of carboxylic acid groups (broad SMARTS) is 2. The quantitative estimate of drug-likeness (QED) is 0.0873. The van der Waals surface area contributed by atoms with Crippen LogP contribution in [0.1, 0.15) is 38.5 Å². The van der Waals surface area contributed by atoms with Crippen molar-refractivity contribution in [2.45, 2.75) is 62.7 Å². The van der Waals surface area contributed by atoms with Crippen molar-refractivity contribution in [1.82, 2.24) is 16.0 Å². The Kier molecular flexibility index (Phi) is 15.2. The summed E-state index contributed by atoms with van der Waals surface area (Å²) in [6.45, 7) is 0.404. The number of hydrogen-bond donors (Lipinski definition) is 8. The second kappa shape index (κ2) is 16.7. The Morgan fingerprint density at radius 2 is 1.35 bits per heavy atom. The van der Waals surface area contributed by atoms with E-state index in [4.69, 9.17) is 22.3 Å². The van der Waals surface area contributed by atoms with E-state index in [0.29, 0.717) is 25.1 Å². The van der Waals surface area contributed by atoms with Crippen LogP contribution in [-0.4, -0.2) is 88.5 Å². The summed E-state index contributed by atoms with van der Waals surface area (Å²) in [4.78, 5) is 71.5. The molecule has 0 rings (SSSR count). The topological polar surface area (TPSA) is 257 Å². The van der Waals surface area contributed by atoms with Crippen LogP contribution in [-0.2, 0) is 28.8 Å². The molecule has 0 saturated heterocycles. The van der Waals surface area contributed by atoms with Crippen LogP contribution in [0.25, 0.3) is 0 Å². The molecule has 0 spiro atoms. The average Bonchev–Trinajstić information content (AvgIpc) is 2.74. The van der Waals surface area contributed by atoms with Crippen LogP contribution < -0.4 is 33.2 Å². The van der Waals surface area contributed by atoms with Crippen molar-refractivity contribution in [3.05, 3.63) is 0 Å². The summed E-state index contributed by atoms with van der Waals surface area (Å²) >= 11 is 1.36. The molecule has 0 aliphatic heterocycles. The molecule has 11 N–H and O–H groups in total. The molecule has 0 aromatic heterocycles. The van der Waals surface area contributed by atoms with Gasteiger partial charge < -0.3 is 43.4 Å². The molecule has 0 aromatic rings. The monoisotopic (exact) mass is 506 g/mol. The van der Waals surface area contributed by atoms with E-state index in [0.717, 1.165) is 0 Å². The molecular formula is C19H34N6O8S. The first-order valence-corrected chi connectivity index (χ1v) is 11.9. The van der Waals surface area contributed by atoms with E-state index in [-0.39, 0.29) is 12.8 Å². The molecule has 4 unspecified atom stereocenters. The zero-order valence-electron chi connectivity index (χ0n) is 19.0. The zero-order chi connectivity index (χ0) is 26.3. The molecule has 0 aliphatic carbocycles. The van der Waals surface area contributed by atoms with Crippen molar-refractivity contribution in [3.63, 3.8) is 0 Å². The summed E-state index contributed by atoms with van der Waals surface area (Å²) in [5, 5.41) is 25.0. The van der Waals surface area contributed by atoms with Gasteiger partial charge in [0, 0.05) is 0 Å². The number of amides is 4. The third-order valence-corrected chi connectivity index (χ3v) is 5.23. The summed E-state index contributed by atoms with van der Waals surface area (Å²) in [7, 11) is 0. The number of thioether (sulfide) groups is 1. The molecule has 34 heavy (non-hydrogen) atoms. The van der Waals surface area contributed by atoms with E-state index in [1.165, 1.54) is 11.8 Å². The number of unbranched alkanes of at least 4 members (excludes halogenated alkanes) is 1. The van der Waals surface area contributed by atoms with Crippen LogP contribution in [0.5, 0.6) is 0 Å². The zero-order valence-corrected chi connectivity index (χ0v) is 19.8. The highest BCUT2D eigenvalue weighted by molar-refractivity contribution is 7.98. The van der Waals surface area contributed by atoms with Gasteiger partial charge in [-0.15, -0.1) is 0 Å². The van der Waals surface area contributed by atoms with Gasteiger partial charge in [0.25, 0.3) is 0 Å². The second-order valence-electron chi connectivity index (χ2n) is 7.46. The van der Waals surface area contributed by atoms with E-state index in [2.05, 4.69) is 16.0 Å². The minimum atomic E-state index is -1.61. The van der Waals surface area contributed by atoms with Crippen LogP contribution in [0, 0.1) is 0 Å². The maximum atomic E-state index is 12.7. The van der Waals surface area contributed by atoms with Gasteiger partial charge in [-0.05, 0) is 37.8 Å². The fourth-order valence-electron chi connectivity index (χ4n) is 2.75. The fourth-order valence-corrected chi connectivity index (χ4v) is 3.22. The van der Waals surface area contributed by atoms with Crippen molar-refractivity contribution >= 4 is 47.3 Å². The maximum absolute atomic E-state index is 12.7. The lowest BCUT2D eigenvalue weighted by Gasteiger charge is -2.24. The van der Waals surface area contributed by atoms with Gasteiger partial charge in [0.1, 0.15) is 18.1 Å². The predicted molar refractivity (Wildman–Crippen MR) is 123 cm³/mol. The number of carboxylic acids is 2. The summed E-state index contributed by atoms with van der Waals surface area (Å²) in [5.74, 6) is -6.15. The Bertz CT molecular complexity index is 738. The van der Waals surface area contributed by atoms with Crippen molar-refractivity contribution in [2.24, 2.45) is 17.2 Å². The summed E-state index contributed by atoms with van der Waals surface area (Å²) in [6, 6.07) is -5.51. The Morgan fingerprint density at radius 1 is 0.824 bits per heavy atom. The van der Waals surface area contributed by atoms with Crippen molar-refractivity contribution in [1.29, 1.82) is 0 Å². The molecule has 0 fully saturated rings. The lowest BCUT2D eigenvalue weighted by Crippen LogP contribution is -2.58. The highest BCUT2D eigenvalue weighted by Crippen LogP contribution is 2.05. The molecule has 0 radical (unpaired) electrons. The number of hydrogen-bond acceptors (Lipinski definition) is 9. The molecule has 0 bridgehead atoms. The fraction of sp³-hybridized carbons (Fsp3) is 0.684. The first-order chi connectivity index (χ1) is 15.9. The van der Waals surface area contributed by atoms with Gasteiger partial charge in [0.15, 0.2) is 0 Å². The van der Waals surface area contributed by atoms with Crippen molar-refractivity contribution in [2.75, 3.05) is 18.6 Å². The number of primary amides is 1. The Labute approximate surface area is 201 Å². The van der Waals surface area contributed by atoms with Crippen molar-refractivity contribution < 1.29 is 39.0 Å². The van der Waals surface area contributed by atoms with E-state index in [1.54, 1.807) is 6.26 Å². The maximum Gasteiger partial charge on any atom is 0.326 e. The average molecular weight is 507 g/mol. The van der Waals surface area contributed by atoms with Crippen LogP contribution in [0.3, 0.4) is 0 Å². The summed E-state index contributed by atoms with van der Waals surface area (Å²) in [5.41, 5.74) is 16.3. The second-order valence-corrected chi connectivity index (χ2v) is 8.45. The standard InChI is InChI=1S/C19H34N6O8S/c1-34-7-5-11(19(32)33)23-17(30)12(8-14(22)26)25-18(31)13(9-15(27)28)24-16(29)10(21)4-2-3-6-20/h10-13H,2-9,20-21H2,1H3,(H2,22,26)(H,23,30)(H,24,29)(H,25,31)(H,27,28)(H,32,33). The first kappa shape index (κ1) is 31.1. The molecule has 4 atom stereocenters. The summed E-state index contributed by atoms with van der Waals surface area (Å²) < 4.78 is 0. The third kappa shape index (κ3) is 13.0. The Morgan fingerprint density at radius 3 is 1.82 bits per heavy atom. The molecule has 0 heterocycles. The molecular weight excluding hydrogens is 472 g/mol. The van der Waals surface area contributed by atoms with Gasteiger partial charge in [-0.1, -0.05) is 6.42 Å². The smallest absolute Gasteiger partial charge is 0.326 e. The number of aliphatic carboxylic acids is 2. The van der Waals surface area contributed by atoms with E-state index in [9.17, 15) is 33.9 Å². The highest BCUT2D eigenvalue weighted by Gasteiger charge is 2.32. The van der Waals surface area contributed by atoms with Gasteiger partial charge in [-0.2, -0.15) is 11.8 Å². The van der Waals surface area contributed by atoms with E-state index in [1.807, 2.05) is 0 Å². The molecule has 0 aliphatic rings. The van der Waals surface area contributed by atoms with Gasteiger partial charge in [-0.3, -0.25) is 24.0 Å². The number of rotatable bonds is 18. The van der Waals surface area contributed by atoms with Gasteiger partial charge >= 0.3 is 11.9 Å². The van der Waals surface area contributed by atoms with Gasteiger partial charge in [0.05, 0.1) is 18.9 Å². The summed E-state index contributed by atoms with van der Waals surface area (Å²) in [6.07, 6.45) is 1.74. The molecule has 14 nitrogen and oxygen atoms in total. The van der Waals surface area contributed by atoms with Crippen molar-refractivity contribution in [3.8, 4) is 0 Å². The largest absolute Gasteiger partial charge is 0.481 e. The number of nitrogens with one attached hydrogen (secondary N) is 3. The lowest BCUT2D eigenvalue weighted by molar-refractivity contribution is -0.143. The Balaban J connectivity index is 5.43. The minimum absolute atomic E-state index is 0.0826. The molecule has 4 amide bonds. The normalized spacial score (nSPS) is 14.2. The van der Waals surface area contributed by atoms with E-state index < -0.39 is 72.6 Å². The lowest BCUT2D eigenvalue weighted by atomic mass is 10.1. The van der Waals surface area contributed by atoms with Crippen LogP contribution in [0.15, 0.2) is 0 Å². The Hall–Kier alpha value is -2.91. The van der Waals surface area contributed by atoms with Gasteiger partial charge in [0.2, 0.25) is 23.6 Å². The van der Waals surface area contributed by atoms with Crippen LogP contribution in [0.2, 0.25) is 0 Å². The van der Waals surface area contributed by atoms with Crippen LogP contribution in [0.4, 0.5) is 0 Å². The highest BCUT2D eigenvalue weighted by atomic mass is 32.2. The SMILES string of the molecule is CSCCC(NC(=O)C(CC(N)=O)NC(=O)C(CC(=O)O)NC(=O)C(N)CCCCN)C(=O)O. The molecule has 0 aromatic carbocycles. The van der Waals surface area contributed by atoms with E-state index >= 15 is 0 Å². The van der Waals surface area contributed by atoms with Gasteiger partial charge in [-0.25, -0.2) is 4.79 Å². The number of nitrogens with two attached hydrogens (primary N) is 3. The third-order valence-electron chi connectivity index (χ3n) is 4.58. The predicted octanol–water partition coefficient (Wildman–Crippen LogP) is -2.92. The first-order valence-electron chi connectivity index (χ1n) is 10.5. The number of carbonyl (C=O) groups is 6. The minimum Gasteiger partial charge on any atom is -0.481 e.